The molecule has 0 aliphatic carbocycles. The lowest BCUT2D eigenvalue weighted by atomic mass is 10.1. The van der Waals surface area contributed by atoms with E-state index in [0.717, 1.165) is 0 Å². The van der Waals surface area contributed by atoms with Gasteiger partial charge in [-0.1, -0.05) is 41.0 Å². The van der Waals surface area contributed by atoms with Gasteiger partial charge in [0.05, 0.1) is 19.4 Å². The summed E-state index contributed by atoms with van der Waals surface area (Å²) in [5.41, 5.74) is 1.82. The minimum Gasteiger partial charge on any atom is -0.492 e. The zero-order chi connectivity index (χ0) is 18.5. The van der Waals surface area contributed by atoms with Gasteiger partial charge < -0.3 is 19.3 Å². The Morgan fingerprint density at radius 1 is 1.23 bits per heavy atom. The Balaban J connectivity index is 2.05. The highest BCUT2D eigenvalue weighted by Gasteiger charge is 2.25. The lowest BCUT2D eigenvalue weighted by Crippen LogP contribution is -2.06. The van der Waals surface area contributed by atoms with Gasteiger partial charge in [0.25, 0.3) is 0 Å². The van der Waals surface area contributed by atoms with Crippen LogP contribution in [-0.2, 0) is 4.74 Å². The molecule has 3 aromatic rings. The number of anilines is 2. The van der Waals surface area contributed by atoms with E-state index in [4.69, 9.17) is 25.6 Å². The SMILES string of the molecule is CCOc1ccccc1Nc1onc(-c2cccc(Cl)c2)c1C(=O)OC. The van der Waals surface area contributed by atoms with Gasteiger partial charge in [-0.2, -0.15) is 0 Å². The number of rotatable bonds is 6. The number of benzene rings is 2. The van der Waals surface area contributed by atoms with Crippen molar-refractivity contribution in [2.45, 2.75) is 6.92 Å². The molecule has 0 amide bonds. The molecule has 0 aliphatic heterocycles. The van der Waals surface area contributed by atoms with Crippen LogP contribution in [0, 0.1) is 0 Å². The molecule has 26 heavy (non-hydrogen) atoms. The Morgan fingerprint density at radius 2 is 2.04 bits per heavy atom. The minimum absolute atomic E-state index is 0.166. The third-order valence-electron chi connectivity index (χ3n) is 3.61. The highest BCUT2D eigenvalue weighted by atomic mass is 35.5. The number of methoxy groups -OCH3 is 1. The number of halogens is 1. The summed E-state index contributed by atoms with van der Waals surface area (Å²) in [6, 6.07) is 14.3. The number of para-hydroxylation sites is 2. The topological polar surface area (TPSA) is 73.6 Å². The normalized spacial score (nSPS) is 10.4. The lowest BCUT2D eigenvalue weighted by Gasteiger charge is -2.10. The smallest absolute Gasteiger partial charge is 0.345 e. The summed E-state index contributed by atoms with van der Waals surface area (Å²) < 4.78 is 15.9. The van der Waals surface area contributed by atoms with Gasteiger partial charge in [-0.25, -0.2) is 4.79 Å². The summed E-state index contributed by atoms with van der Waals surface area (Å²) in [7, 11) is 1.30. The van der Waals surface area contributed by atoms with Gasteiger partial charge in [-0.3, -0.25) is 0 Å². The standard InChI is InChI=1S/C19H17ClN2O4/c1-3-25-15-10-5-4-9-14(15)21-18-16(19(23)24-2)17(22-26-18)12-7-6-8-13(20)11-12/h4-11,21H,3H2,1-2H3. The number of aromatic nitrogens is 1. The molecule has 0 radical (unpaired) electrons. The van der Waals surface area contributed by atoms with E-state index >= 15 is 0 Å². The number of esters is 1. The van der Waals surface area contributed by atoms with Gasteiger partial charge in [0.15, 0.2) is 5.56 Å². The fraction of sp³-hybridized carbons (Fsp3) is 0.158. The maximum absolute atomic E-state index is 12.3. The molecule has 1 heterocycles. The Labute approximate surface area is 155 Å². The van der Waals surface area contributed by atoms with Crippen molar-refractivity contribution in [3.05, 3.63) is 59.1 Å². The van der Waals surface area contributed by atoms with Crippen LogP contribution >= 0.6 is 11.6 Å². The number of nitrogens with zero attached hydrogens (tertiary/aromatic N) is 1. The Hall–Kier alpha value is -2.99. The molecule has 0 saturated heterocycles. The number of hydrogen-bond acceptors (Lipinski definition) is 6. The van der Waals surface area contributed by atoms with Crippen molar-refractivity contribution >= 4 is 29.1 Å². The molecule has 0 bridgehead atoms. The number of carbonyl (C=O) groups excluding carboxylic acids is 1. The van der Waals surface area contributed by atoms with Gasteiger partial charge in [0, 0.05) is 10.6 Å². The zero-order valence-corrected chi connectivity index (χ0v) is 15.0. The third-order valence-corrected chi connectivity index (χ3v) is 3.85. The molecule has 0 atom stereocenters. The van der Waals surface area contributed by atoms with Crippen LogP contribution in [-0.4, -0.2) is 24.8 Å². The summed E-state index contributed by atoms with van der Waals surface area (Å²) in [4.78, 5) is 12.3. The van der Waals surface area contributed by atoms with Crippen LogP contribution in [0.4, 0.5) is 11.6 Å². The monoisotopic (exact) mass is 372 g/mol. The predicted molar refractivity (Wildman–Crippen MR) is 99.2 cm³/mol. The molecule has 0 unspecified atom stereocenters. The number of carbonyl (C=O) groups is 1. The van der Waals surface area contributed by atoms with Crippen molar-refractivity contribution in [2.75, 3.05) is 19.0 Å². The van der Waals surface area contributed by atoms with E-state index in [1.165, 1.54) is 7.11 Å². The average molecular weight is 373 g/mol. The number of hydrogen-bond donors (Lipinski definition) is 1. The summed E-state index contributed by atoms with van der Waals surface area (Å²) in [6.45, 7) is 2.40. The molecule has 0 aliphatic rings. The molecule has 1 N–H and O–H groups in total. The molecule has 6 nitrogen and oxygen atoms in total. The number of nitrogens with one attached hydrogen (secondary N) is 1. The first-order chi connectivity index (χ1) is 12.6. The van der Waals surface area contributed by atoms with Crippen LogP contribution in [0.2, 0.25) is 5.02 Å². The summed E-state index contributed by atoms with van der Waals surface area (Å²) in [5.74, 6) is 0.225. The first kappa shape index (κ1) is 17.8. The second-order valence-corrected chi connectivity index (χ2v) is 5.73. The van der Waals surface area contributed by atoms with Crippen LogP contribution in [0.1, 0.15) is 17.3 Å². The van der Waals surface area contributed by atoms with E-state index in [9.17, 15) is 4.79 Å². The van der Waals surface area contributed by atoms with Crippen molar-refractivity contribution in [3.8, 4) is 17.0 Å². The Kier molecular flexibility index (Phi) is 5.43. The van der Waals surface area contributed by atoms with E-state index in [2.05, 4.69) is 10.5 Å². The highest BCUT2D eigenvalue weighted by molar-refractivity contribution is 6.30. The van der Waals surface area contributed by atoms with Crippen LogP contribution in [0.5, 0.6) is 5.75 Å². The first-order valence-corrected chi connectivity index (χ1v) is 8.34. The van der Waals surface area contributed by atoms with Crippen molar-refractivity contribution in [2.24, 2.45) is 0 Å². The van der Waals surface area contributed by atoms with Gasteiger partial charge in [-0.05, 0) is 31.2 Å². The fourth-order valence-electron chi connectivity index (χ4n) is 2.47. The second kappa shape index (κ2) is 7.93. The molecule has 0 spiro atoms. The highest BCUT2D eigenvalue weighted by Crippen LogP contribution is 2.34. The predicted octanol–water partition coefficient (Wildman–Crippen LogP) is 4.92. The summed E-state index contributed by atoms with van der Waals surface area (Å²) in [6.07, 6.45) is 0. The van der Waals surface area contributed by atoms with Crippen molar-refractivity contribution in [1.29, 1.82) is 0 Å². The van der Waals surface area contributed by atoms with Crippen LogP contribution < -0.4 is 10.1 Å². The third kappa shape index (κ3) is 3.65. The zero-order valence-electron chi connectivity index (χ0n) is 14.3. The molecule has 1 aromatic heterocycles. The minimum atomic E-state index is -0.572. The molecule has 0 saturated carbocycles. The van der Waals surface area contributed by atoms with Gasteiger partial charge in [0.2, 0.25) is 5.88 Å². The summed E-state index contributed by atoms with van der Waals surface area (Å²) in [5, 5.41) is 7.61. The van der Waals surface area contributed by atoms with Gasteiger partial charge in [0.1, 0.15) is 11.4 Å². The maximum Gasteiger partial charge on any atom is 0.345 e. The van der Waals surface area contributed by atoms with Gasteiger partial charge in [-0.15, -0.1) is 0 Å². The average Bonchev–Trinajstić information content (AvgIpc) is 3.06. The maximum atomic E-state index is 12.3. The molecular weight excluding hydrogens is 356 g/mol. The quantitative estimate of drug-likeness (QED) is 0.619. The molecule has 134 valence electrons. The fourth-order valence-corrected chi connectivity index (χ4v) is 2.66. The van der Waals surface area contributed by atoms with Crippen LogP contribution in [0.3, 0.4) is 0 Å². The van der Waals surface area contributed by atoms with E-state index in [1.807, 2.05) is 31.2 Å². The first-order valence-electron chi connectivity index (χ1n) is 7.96. The molecule has 7 heteroatoms. The van der Waals surface area contributed by atoms with E-state index in [-0.39, 0.29) is 11.4 Å². The van der Waals surface area contributed by atoms with E-state index in [0.29, 0.717) is 34.3 Å². The van der Waals surface area contributed by atoms with Crippen molar-refractivity contribution in [3.63, 3.8) is 0 Å². The lowest BCUT2D eigenvalue weighted by molar-refractivity contribution is 0.0602. The number of ether oxygens (including phenoxy) is 2. The van der Waals surface area contributed by atoms with Crippen LogP contribution in [0.15, 0.2) is 53.1 Å². The largest absolute Gasteiger partial charge is 0.492 e. The second-order valence-electron chi connectivity index (χ2n) is 5.29. The van der Waals surface area contributed by atoms with Crippen LogP contribution in [0.25, 0.3) is 11.3 Å². The molecular formula is C19H17ClN2O4. The molecule has 3 rings (SSSR count). The Bertz CT molecular complexity index is 923. The van der Waals surface area contributed by atoms with Crippen molar-refractivity contribution in [1.82, 2.24) is 5.16 Å². The molecule has 2 aromatic carbocycles. The summed E-state index contributed by atoms with van der Waals surface area (Å²) >= 11 is 6.05. The molecule has 0 fully saturated rings. The Morgan fingerprint density at radius 3 is 2.77 bits per heavy atom. The van der Waals surface area contributed by atoms with E-state index in [1.54, 1.807) is 24.3 Å². The van der Waals surface area contributed by atoms with Gasteiger partial charge >= 0.3 is 5.97 Å². The van der Waals surface area contributed by atoms with E-state index < -0.39 is 5.97 Å². The van der Waals surface area contributed by atoms with Crippen molar-refractivity contribution < 1.29 is 18.8 Å².